The highest BCUT2D eigenvalue weighted by Gasteiger charge is 2.39. The van der Waals surface area contributed by atoms with Crippen molar-refractivity contribution in [3.05, 3.63) is 29.8 Å². The standard InChI is InChI=1S/C16H26N2O2/c1-12(2)20-15-8-5-4-7-13(15)14(18-17)11-16(19-3)9-6-10-16/h4-5,7-8,12,14,18H,6,9-11,17H2,1-3H3. The van der Waals surface area contributed by atoms with Gasteiger partial charge in [-0.1, -0.05) is 18.2 Å². The van der Waals surface area contributed by atoms with Gasteiger partial charge in [0, 0.05) is 12.7 Å². The first-order chi connectivity index (χ1) is 9.60. The lowest BCUT2D eigenvalue weighted by Gasteiger charge is -2.43. The number of benzene rings is 1. The van der Waals surface area contributed by atoms with Crippen molar-refractivity contribution in [2.45, 2.75) is 57.3 Å². The Labute approximate surface area is 121 Å². The van der Waals surface area contributed by atoms with Crippen LogP contribution in [0.1, 0.15) is 51.1 Å². The Hall–Kier alpha value is -1.10. The first kappa shape index (κ1) is 15.3. The predicted molar refractivity (Wildman–Crippen MR) is 80.5 cm³/mol. The van der Waals surface area contributed by atoms with Crippen LogP contribution in [0.5, 0.6) is 5.75 Å². The molecule has 20 heavy (non-hydrogen) atoms. The van der Waals surface area contributed by atoms with Gasteiger partial charge in [0.25, 0.3) is 0 Å². The van der Waals surface area contributed by atoms with E-state index < -0.39 is 0 Å². The Bertz CT molecular complexity index is 425. The molecule has 4 heteroatoms. The lowest BCUT2D eigenvalue weighted by Crippen LogP contribution is -2.44. The number of nitrogens with two attached hydrogens (primary N) is 1. The van der Waals surface area contributed by atoms with Gasteiger partial charge in [0.2, 0.25) is 0 Å². The van der Waals surface area contributed by atoms with Crippen molar-refractivity contribution in [3.8, 4) is 5.75 Å². The molecule has 1 aliphatic rings. The number of hydrogen-bond donors (Lipinski definition) is 2. The lowest BCUT2D eigenvalue weighted by molar-refractivity contribution is -0.0839. The van der Waals surface area contributed by atoms with Crippen LogP contribution in [0.15, 0.2) is 24.3 Å². The SMILES string of the molecule is COC1(CC(NN)c2ccccc2OC(C)C)CCC1. The molecule has 1 saturated carbocycles. The minimum absolute atomic E-state index is 0.0258. The molecule has 0 saturated heterocycles. The van der Waals surface area contributed by atoms with Gasteiger partial charge < -0.3 is 9.47 Å². The molecule has 0 radical (unpaired) electrons. The second-order valence-electron chi connectivity index (χ2n) is 5.87. The van der Waals surface area contributed by atoms with Crippen molar-refractivity contribution in [1.82, 2.24) is 5.43 Å². The van der Waals surface area contributed by atoms with E-state index in [0.717, 1.165) is 30.6 Å². The summed E-state index contributed by atoms with van der Waals surface area (Å²) in [7, 11) is 1.79. The summed E-state index contributed by atoms with van der Waals surface area (Å²) in [5.74, 6) is 6.68. The van der Waals surface area contributed by atoms with E-state index in [9.17, 15) is 0 Å². The molecule has 3 N–H and O–H groups in total. The summed E-state index contributed by atoms with van der Waals surface area (Å²) in [6.45, 7) is 4.06. The largest absolute Gasteiger partial charge is 0.491 e. The van der Waals surface area contributed by atoms with Crippen LogP contribution in [-0.4, -0.2) is 18.8 Å². The highest BCUT2D eigenvalue weighted by atomic mass is 16.5. The van der Waals surface area contributed by atoms with E-state index in [1.54, 1.807) is 7.11 Å². The molecule has 1 aromatic rings. The summed E-state index contributed by atoms with van der Waals surface area (Å²) in [5, 5.41) is 0. The fraction of sp³-hybridized carbons (Fsp3) is 0.625. The van der Waals surface area contributed by atoms with Crippen molar-refractivity contribution < 1.29 is 9.47 Å². The maximum atomic E-state index is 5.89. The van der Waals surface area contributed by atoms with Gasteiger partial charge in [-0.2, -0.15) is 0 Å². The quantitative estimate of drug-likeness (QED) is 0.595. The number of ether oxygens (including phenoxy) is 2. The smallest absolute Gasteiger partial charge is 0.124 e. The van der Waals surface area contributed by atoms with E-state index in [1.807, 2.05) is 32.0 Å². The summed E-state index contributed by atoms with van der Waals surface area (Å²) in [6.07, 6.45) is 4.46. The van der Waals surface area contributed by atoms with Gasteiger partial charge >= 0.3 is 0 Å². The molecular weight excluding hydrogens is 252 g/mol. The zero-order valence-corrected chi connectivity index (χ0v) is 12.7. The molecule has 0 aromatic heterocycles. The van der Waals surface area contributed by atoms with Gasteiger partial charge in [-0.3, -0.25) is 11.3 Å². The molecular formula is C16H26N2O2. The van der Waals surface area contributed by atoms with Crippen LogP contribution in [0.25, 0.3) is 0 Å². The van der Waals surface area contributed by atoms with Crippen molar-refractivity contribution in [1.29, 1.82) is 0 Å². The monoisotopic (exact) mass is 278 g/mol. The topological polar surface area (TPSA) is 56.5 Å². The van der Waals surface area contributed by atoms with E-state index in [-0.39, 0.29) is 17.7 Å². The van der Waals surface area contributed by atoms with Gasteiger partial charge in [0.1, 0.15) is 5.75 Å². The molecule has 1 unspecified atom stereocenters. The van der Waals surface area contributed by atoms with Gasteiger partial charge in [0.15, 0.2) is 0 Å². The fourth-order valence-corrected chi connectivity index (χ4v) is 2.82. The molecule has 112 valence electrons. The second kappa shape index (κ2) is 6.57. The maximum absolute atomic E-state index is 5.89. The zero-order chi connectivity index (χ0) is 14.6. The van der Waals surface area contributed by atoms with Crippen LogP contribution in [0, 0.1) is 0 Å². The number of hydrogen-bond acceptors (Lipinski definition) is 4. The molecule has 0 spiro atoms. The highest BCUT2D eigenvalue weighted by molar-refractivity contribution is 5.36. The summed E-state index contributed by atoms with van der Waals surface area (Å²) < 4.78 is 11.6. The first-order valence-corrected chi connectivity index (χ1v) is 7.37. The predicted octanol–water partition coefficient (Wildman–Crippen LogP) is 2.94. The van der Waals surface area contributed by atoms with E-state index in [4.69, 9.17) is 15.3 Å². The molecule has 1 atom stereocenters. The number of nitrogens with one attached hydrogen (secondary N) is 1. The average Bonchev–Trinajstić information content (AvgIpc) is 2.39. The Morgan fingerprint density at radius 2 is 2.00 bits per heavy atom. The summed E-state index contributed by atoms with van der Waals surface area (Å²) in [6, 6.07) is 8.13. The Morgan fingerprint density at radius 1 is 1.30 bits per heavy atom. The molecule has 2 rings (SSSR count). The molecule has 0 amide bonds. The fourth-order valence-electron chi connectivity index (χ4n) is 2.82. The van der Waals surface area contributed by atoms with Crippen LogP contribution in [0.4, 0.5) is 0 Å². The maximum Gasteiger partial charge on any atom is 0.124 e. The highest BCUT2D eigenvalue weighted by Crippen LogP contribution is 2.43. The number of rotatable bonds is 7. The third-order valence-corrected chi connectivity index (χ3v) is 4.13. The minimum atomic E-state index is -0.0258. The normalized spacial score (nSPS) is 18.6. The van der Waals surface area contributed by atoms with Crippen molar-refractivity contribution >= 4 is 0 Å². The summed E-state index contributed by atoms with van der Waals surface area (Å²) in [5.41, 5.74) is 4.01. The molecule has 1 aromatic carbocycles. The molecule has 0 heterocycles. The van der Waals surface area contributed by atoms with Gasteiger partial charge in [-0.05, 0) is 45.6 Å². The van der Waals surface area contributed by atoms with Crippen molar-refractivity contribution in [3.63, 3.8) is 0 Å². The lowest BCUT2D eigenvalue weighted by atomic mass is 9.74. The van der Waals surface area contributed by atoms with E-state index in [1.165, 1.54) is 6.42 Å². The van der Waals surface area contributed by atoms with E-state index in [0.29, 0.717) is 0 Å². The average molecular weight is 278 g/mol. The van der Waals surface area contributed by atoms with Crippen LogP contribution in [0.2, 0.25) is 0 Å². The van der Waals surface area contributed by atoms with Crippen LogP contribution >= 0.6 is 0 Å². The van der Waals surface area contributed by atoms with Gasteiger partial charge in [-0.15, -0.1) is 0 Å². The summed E-state index contributed by atoms with van der Waals surface area (Å²) in [4.78, 5) is 0. The van der Waals surface area contributed by atoms with E-state index >= 15 is 0 Å². The van der Waals surface area contributed by atoms with Gasteiger partial charge in [-0.25, -0.2) is 0 Å². The van der Waals surface area contributed by atoms with Gasteiger partial charge in [0.05, 0.1) is 17.7 Å². The Balaban J connectivity index is 2.18. The molecule has 1 fully saturated rings. The number of methoxy groups -OCH3 is 1. The Kier molecular flexibility index (Phi) is 5.02. The molecule has 0 aliphatic heterocycles. The second-order valence-corrected chi connectivity index (χ2v) is 5.87. The van der Waals surface area contributed by atoms with E-state index in [2.05, 4.69) is 11.5 Å². The van der Waals surface area contributed by atoms with Crippen LogP contribution < -0.4 is 16.0 Å². The van der Waals surface area contributed by atoms with Crippen molar-refractivity contribution in [2.75, 3.05) is 7.11 Å². The van der Waals surface area contributed by atoms with Crippen LogP contribution in [0.3, 0.4) is 0 Å². The molecule has 1 aliphatic carbocycles. The zero-order valence-electron chi connectivity index (χ0n) is 12.7. The minimum Gasteiger partial charge on any atom is -0.491 e. The Morgan fingerprint density at radius 3 is 2.50 bits per heavy atom. The summed E-state index contributed by atoms with van der Waals surface area (Å²) >= 11 is 0. The van der Waals surface area contributed by atoms with Crippen LogP contribution in [-0.2, 0) is 4.74 Å². The number of hydrazine groups is 1. The molecule has 0 bridgehead atoms. The first-order valence-electron chi connectivity index (χ1n) is 7.37. The third kappa shape index (κ3) is 3.32. The third-order valence-electron chi connectivity index (χ3n) is 4.13. The van der Waals surface area contributed by atoms with Crippen molar-refractivity contribution in [2.24, 2.45) is 5.84 Å². The number of para-hydroxylation sites is 1. The molecule has 4 nitrogen and oxygen atoms in total.